The molecule has 0 aromatic rings. The summed E-state index contributed by atoms with van der Waals surface area (Å²) in [4.78, 5) is 0. The fourth-order valence-electron chi connectivity index (χ4n) is 0.160. The van der Waals surface area contributed by atoms with Gasteiger partial charge in [0.15, 0.2) is 0 Å². The van der Waals surface area contributed by atoms with Crippen molar-refractivity contribution in [2.24, 2.45) is 0 Å². The molecule has 0 unspecified atom stereocenters. The summed E-state index contributed by atoms with van der Waals surface area (Å²) in [5.41, 5.74) is 0. The fraction of sp³-hybridized carbons (Fsp3) is 0.500. The highest BCUT2D eigenvalue weighted by atomic mass is 32.2. The molecule has 0 bridgehead atoms. The van der Waals surface area contributed by atoms with Crippen molar-refractivity contribution < 1.29 is 17.6 Å². The zero-order valence-corrected chi connectivity index (χ0v) is 5.15. The maximum absolute atomic E-state index is 11.5. The molecule has 0 spiro atoms. The third kappa shape index (κ3) is 7.81. The lowest BCUT2D eigenvalue weighted by atomic mass is 10.8. The van der Waals surface area contributed by atoms with Crippen molar-refractivity contribution in [3.63, 3.8) is 0 Å². The number of rotatable bonds is 2. The van der Waals surface area contributed by atoms with Crippen LogP contribution in [-0.2, 0) is 0 Å². The Balaban J connectivity index is 3.39. The Bertz CT molecular complexity index is 106. The SMILES string of the molecule is C=C(F)SCC(F)(F)F. The highest BCUT2D eigenvalue weighted by Crippen LogP contribution is 2.25. The van der Waals surface area contributed by atoms with E-state index >= 15 is 0 Å². The number of hydrogen-bond donors (Lipinski definition) is 0. The first-order valence-corrected chi connectivity index (χ1v) is 2.94. The maximum Gasteiger partial charge on any atom is 0.398 e. The highest BCUT2D eigenvalue weighted by molar-refractivity contribution is 8.02. The van der Waals surface area contributed by atoms with Crippen molar-refractivity contribution in [3.8, 4) is 0 Å². The minimum atomic E-state index is -4.31. The standard InChI is InChI=1S/C4H4F4S/c1-3(5)9-2-4(6,7)8/h1-2H2. The summed E-state index contributed by atoms with van der Waals surface area (Å²) in [5, 5.41) is -1.01. The highest BCUT2D eigenvalue weighted by Gasteiger charge is 2.27. The Morgan fingerprint density at radius 3 is 2.00 bits per heavy atom. The third-order valence-electron chi connectivity index (χ3n) is 0.392. The molecule has 0 heterocycles. The number of alkyl halides is 3. The smallest absolute Gasteiger partial charge is 0.200 e. The van der Waals surface area contributed by atoms with Gasteiger partial charge in [0, 0.05) is 0 Å². The van der Waals surface area contributed by atoms with E-state index in [1.807, 2.05) is 0 Å². The van der Waals surface area contributed by atoms with Crippen LogP contribution in [0.4, 0.5) is 17.6 Å². The lowest BCUT2D eigenvalue weighted by molar-refractivity contribution is -0.105. The fourth-order valence-corrected chi connectivity index (χ4v) is 0.480. The second-order valence-corrected chi connectivity index (χ2v) is 2.28. The minimum Gasteiger partial charge on any atom is -0.200 e. The number of thioether (sulfide) groups is 1. The van der Waals surface area contributed by atoms with E-state index < -0.39 is 17.1 Å². The average Bonchev–Trinajstić information content (AvgIpc) is 1.59. The van der Waals surface area contributed by atoms with Crippen molar-refractivity contribution >= 4 is 11.8 Å². The molecule has 0 aromatic carbocycles. The van der Waals surface area contributed by atoms with Gasteiger partial charge in [0.05, 0.1) is 5.75 Å². The van der Waals surface area contributed by atoms with Gasteiger partial charge in [-0.3, -0.25) is 0 Å². The van der Waals surface area contributed by atoms with Crippen molar-refractivity contribution in [2.75, 3.05) is 5.75 Å². The van der Waals surface area contributed by atoms with E-state index in [9.17, 15) is 17.6 Å². The Kier molecular flexibility index (Phi) is 3.03. The van der Waals surface area contributed by atoms with Crippen molar-refractivity contribution in [3.05, 3.63) is 11.7 Å². The summed E-state index contributed by atoms with van der Waals surface area (Å²) in [6, 6.07) is 0. The molecule has 0 aromatic heterocycles. The zero-order chi connectivity index (χ0) is 7.49. The molecule has 0 aliphatic rings. The van der Waals surface area contributed by atoms with Crippen LogP contribution in [0.15, 0.2) is 11.7 Å². The summed E-state index contributed by atoms with van der Waals surface area (Å²) >= 11 is 0.0521. The second kappa shape index (κ2) is 3.10. The van der Waals surface area contributed by atoms with Crippen molar-refractivity contribution in [1.82, 2.24) is 0 Å². The predicted octanol–water partition coefficient (Wildman–Crippen LogP) is 2.72. The molecule has 0 aliphatic carbocycles. The molecule has 0 fully saturated rings. The first-order valence-electron chi connectivity index (χ1n) is 1.96. The summed E-state index contributed by atoms with van der Waals surface area (Å²) in [5.74, 6) is -1.21. The monoisotopic (exact) mass is 160 g/mol. The summed E-state index contributed by atoms with van der Waals surface area (Å²) in [6.07, 6.45) is -4.31. The van der Waals surface area contributed by atoms with E-state index in [4.69, 9.17) is 0 Å². The summed E-state index contributed by atoms with van der Waals surface area (Å²) in [6.45, 7) is 2.65. The first kappa shape index (κ1) is 8.81. The van der Waals surface area contributed by atoms with Crippen LogP contribution in [0.1, 0.15) is 0 Å². The summed E-state index contributed by atoms with van der Waals surface area (Å²) < 4.78 is 45.1. The molecule has 0 aliphatic heterocycles. The molecule has 0 radical (unpaired) electrons. The van der Waals surface area contributed by atoms with E-state index in [0.29, 0.717) is 0 Å². The molecule has 0 nitrogen and oxygen atoms in total. The first-order chi connectivity index (χ1) is 3.92. The molecule has 0 saturated heterocycles. The largest absolute Gasteiger partial charge is 0.398 e. The maximum atomic E-state index is 11.5. The lowest BCUT2D eigenvalue weighted by Gasteiger charge is -2.01. The van der Waals surface area contributed by atoms with Gasteiger partial charge in [-0.05, 0) is 0 Å². The molecule has 0 saturated carbocycles. The predicted molar refractivity (Wildman–Crippen MR) is 28.8 cm³/mol. The average molecular weight is 160 g/mol. The third-order valence-corrected chi connectivity index (χ3v) is 1.18. The quantitative estimate of drug-likeness (QED) is 0.559. The van der Waals surface area contributed by atoms with Gasteiger partial charge >= 0.3 is 6.18 Å². The van der Waals surface area contributed by atoms with E-state index in [-0.39, 0.29) is 11.8 Å². The van der Waals surface area contributed by atoms with Crippen LogP contribution in [-0.4, -0.2) is 11.9 Å². The van der Waals surface area contributed by atoms with Crippen molar-refractivity contribution in [1.29, 1.82) is 0 Å². The van der Waals surface area contributed by atoms with Gasteiger partial charge in [0.1, 0.15) is 5.16 Å². The van der Waals surface area contributed by atoms with Gasteiger partial charge in [-0.1, -0.05) is 18.3 Å². The van der Waals surface area contributed by atoms with E-state index in [0.717, 1.165) is 0 Å². The Morgan fingerprint density at radius 1 is 1.44 bits per heavy atom. The molecule has 0 atom stereocenters. The molecule has 0 amide bonds. The second-order valence-electron chi connectivity index (χ2n) is 1.26. The molecule has 54 valence electrons. The molecular formula is C4H4F4S. The van der Waals surface area contributed by atoms with Gasteiger partial charge < -0.3 is 0 Å². The van der Waals surface area contributed by atoms with Crippen LogP contribution in [0.25, 0.3) is 0 Å². The van der Waals surface area contributed by atoms with E-state index in [1.165, 1.54) is 0 Å². The Hall–Kier alpha value is -0.190. The Morgan fingerprint density at radius 2 is 1.89 bits per heavy atom. The molecule has 0 rings (SSSR count). The number of halogens is 4. The van der Waals surface area contributed by atoms with Crippen LogP contribution in [0.3, 0.4) is 0 Å². The van der Waals surface area contributed by atoms with Gasteiger partial charge in [-0.25, -0.2) is 4.39 Å². The van der Waals surface area contributed by atoms with Crippen LogP contribution < -0.4 is 0 Å². The topological polar surface area (TPSA) is 0 Å². The van der Waals surface area contributed by atoms with E-state index in [2.05, 4.69) is 6.58 Å². The van der Waals surface area contributed by atoms with Crippen LogP contribution in [0.2, 0.25) is 0 Å². The van der Waals surface area contributed by atoms with E-state index in [1.54, 1.807) is 0 Å². The zero-order valence-electron chi connectivity index (χ0n) is 4.33. The normalized spacial score (nSPS) is 11.6. The molecule has 0 N–H and O–H groups in total. The van der Waals surface area contributed by atoms with Crippen LogP contribution >= 0.6 is 11.8 Å². The lowest BCUT2D eigenvalue weighted by Crippen LogP contribution is -2.10. The molecular weight excluding hydrogens is 156 g/mol. The Labute approximate surface area is 53.9 Å². The molecule has 5 heteroatoms. The summed E-state index contributed by atoms with van der Waals surface area (Å²) in [7, 11) is 0. The number of hydrogen-bond acceptors (Lipinski definition) is 1. The van der Waals surface area contributed by atoms with Crippen molar-refractivity contribution in [2.45, 2.75) is 6.18 Å². The van der Waals surface area contributed by atoms with Crippen LogP contribution in [0.5, 0.6) is 0 Å². The van der Waals surface area contributed by atoms with Crippen LogP contribution in [0, 0.1) is 0 Å². The van der Waals surface area contributed by atoms with Gasteiger partial charge in [-0.15, -0.1) is 0 Å². The van der Waals surface area contributed by atoms with Gasteiger partial charge in [0.2, 0.25) is 0 Å². The van der Waals surface area contributed by atoms with Gasteiger partial charge in [0.25, 0.3) is 0 Å². The minimum absolute atomic E-state index is 0.0521. The van der Waals surface area contributed by atoms with Gasteiger partial charge in [-0.2, -0.15) is 13.2 Å². The molecule has 9 heavy (non-hydrogen) atoms.